The molecule has 122 valence electrons. The normalized spacial score (nSPS) is 11.9. The van der Waals surface area contributed by atoms with Crippen molar-refractivity contribution in [2.75, 3.05) is 6.54 Å². The monoisotopic (exact) mass is 331 g/mol. The van der Waals surface area contributed by atoms with Gasteiger partial charge in [0.05, 0.1) is 10.8 Å². The molecule has 0 aliphatic carbocycles. The number of hydrogen-bond acceptors (Lipinski definition) is 3. The van der Waals surface area contributed by atoms with Crippen molar-refractivity contribution >= 4 is 23.2 Å². The number of carbonyl (C=O) groups is 2. The van der Waals surface area contributed by atoms with Crippen molar-refractivity contribution in [2.45, 2.75) is 32.6 Å². The third-order valence-corrected chi connectivity index (χ3v) is 4.82. The minimum atomic E-state index is -0.939. The quantitative estimate of drug-likeness (QED) is 0.814. The first-order chi connectivity index (χ1) is 11.0. The molecule has 0 spiro atoms. The maximum Gasteiger partial charge on any atom is 0.312 e. The SMILES string of the molecule is CCCc1cc(C(=O)NCC(C(=O)O)c2ccccc2)sc1C. The first-order valence-electron chi connectivity index (χ1n) is 7.68. The number of aliphatic carboxylic acids is 1. The molecule has 2 rings (SSSR count). The molecule has 1 atom stereocenters. The molecule has 1 aromatic heterocycles. The number of benzene rings is 1. The van der Waals surface area contributed by atoms with E-state index in [2.05, 4.69) is 12.2 Å². The Bertz CT molecular complexity index is 679. The molecule has 1 amide bonds. The number of carboxylic acid groups (broad SMARTS) is 1. The van der Waals surface area contributed by atoms with E-state index < -0.39 is 11.9 Å². The molecule has 0 saturated heterocycles. The number of carbonyl (C=O) groups excluding carboxylic acids is 1. The number of carboxylic acids is 1. The molecule has 1 unspecified atom stereocenters. The molecule has 0 aliphatic heterocycles. The topological polar surface area (TPSA) is 66.4 Å². The van der Waals surface area contributed by atoms with Gasteiger partial charge in [0, 0.05) is 11.4 Å². The Kier molecular flexibility index (Phi) is 5.93. The molecule has 2 aromatic rings. The van der Waals surface area contributed by atoms with Crippen LogP contribution in [0.15, 0.2) is 36.4 Å². The van der Waals surface area contributed by atoms with Crippen LogP contribution in [-0.4, -0.2) is 23.5 Å². The fourth-order valence-electron chi connectivity index (χ4n) is 2.46. The molecule has 23 heavy (non-hydrogen) atoms. The fourth-order valence-corrected chi connectivity index (χ4v) is 3.45. The number of thiophene rings is 1. The Labute approximate surface area is 140 Å². The molecule has 0 saturated carbocycles. The zero-order valence-corrected chi connectivity index (χ0v) is 14.2. The summed E-state index contributed by atoms with van der Waals surface area (Å²) in [5, 5.41) is 12.1. The van der Waals surface area contributed by atoms with Crippen LogP contribution >= 0.6 is 11.3 Å². The first kappa shape index (κ1) is 17.2. The standard InChI is InChI=1S/C18H21NO3S/c1-3-7-14-10-16(23-12(14)2)17(20)19-11-15(18(21)22)13-8-5-4-6-9-13/h4-6,8-10,15H,3,7,11H2,1-2H3,(H,19,20)(H,21,22). The molecule has 0 radical (unpaired) electrons. The van der Waals surface area contributed by atoms with Crippen molar-refractivity contribution < 1.29 is 14.7 Å². The fraction of sp³-hybridized carbons (Fsp3) is 0.333. The van der Waals surface area contributed by atoms with Crippen molar-refractivity contribution in [3.8, 4) is 0 Å². The second kappa shape index (κ2) is 7.92. The Hall–Kier alpha value is -2.14. The number of amides is 1. The summed E-state index contributed by atoms with van der Waals surface area (Å²) < 4.78 is 0. The van der Waals surface area contributed by atoms with Crippen molar-refractivity contribution in [3.63, 3.8) is 0 Å². The van der Waals surface area contributed by atoms with Crippen molar-refractivity contribution in [2.24, 2.45) is 0 Å². The van der Waals surface area contributed by atoms with Gasteiger partial charge in [-0.3, -0.25) is 9.59 Å². The van der Waals surface area contributed by atoms with E-state index in [1.165, 1.54) is 16.9 Å². The highest BCUT2D eigenvalue weighted by molar-refractivity contribution is 7.14. The van der Waals surface area contributed by atoms with Crippen molar-refractivity contribution in [1.29, 1.82) is 0 Å². The van der Waals surface area contributed by atoms with Gasteiger partial charge in [0.2, 0.25) is 0 Å². The van der Waals surface area contributed by atoms with Crippen molar-refractivity contribution in [1.82, 2.24) is 5.32 Å². The van der Waals surface area contributed by atoms with E-state index in [0.29, 0.717) is 10.4 Å². The third kappa shape index (κ3) is 4.42. The molecule has 0 fully saturated rings. The minimum Gasteiger partial charge on any atom is -0.481 e. The van der Waals surface area contributed by atoms with E-state index in [-0.39, 0.29) is 12.5 Å². The highest BCUT2D eigenvalue weighted by Gasteiger charge is 2.21. The summed E-state index contributed by atoms with van der Waals surface area (Å²) in [6, 6.07) is 10.9. The van der Waals surface area contributed by atoms with E-state index in [4.69, 9.17) is 0 Å². The molecule has 0 bridgehead atoms. The second-order valence-corrected chi connectivity index (χ2v) is 6.71. The van der Waals surface area contributed by atoms with Gasteiger partial charge < -0.3 is 10.4 Å². The minimum absolute atomic E-state index is 0.0816. The number of nitrogens with one attached hydrogen (secondary N) is 1. The van der Waals surface area contributed by atoms with Gasteiger partial charge in [0.25, 0.3) is 5.91 Å². The zero-order chi connectivity index (χ0) is 16.8. The molecular formula is C18H21NO3S. The van der Waals surface area contributed by atoms with Crippen LogP contribution in [0.4, 0.5) is 0 Å². The van der Waals surface area contributed by atoms with E-state index in [1.807, 2.05) is 19.1 Å². The summed E-state index contributed by atoms with van der Waals surface area (Å²) in [7, 11) is 0. The predicted octanol–water partition coefficient (Wildman–Crippen LogP) is 3.61. The summed E-state index contributed by atoms with van der Waals surface area (Å²) in [5.74, 6) is -1.88. The molecule has 2 N–H and O–H groups in total. The van der Waals surface area contributed by atoms with Crippen molar-refractivity contribution in [3.05, 3.63) is 57.3 Å². The summed E-state index contributed by atoms with van der Waals surface area (Å²) in [6.07, 6.45) is 1.99. The van der Waals surface area contributed by atoms with Gasteiger partial charge in [0.1, 0.15) is 0 Å². The van der Waals surface area contributed by atoms with E-state index in [0.717, 1.165) is 17.7 Å². The molecular weight excluding hydrogens is 310 g/mol. The maximum atomic E-state index is 12.3. The van der Waals surface area contributed by atoms with Gasteiger partial charge in [0.15, 0.2) is 0 Å². The Morgan fingerprint density at radius 2 is 1.96 bits per heavy atom. The largest absolute Gasteiger partial charge is 0.481 e. The smallest absolute Gasteiger partial charge is 0.312 e. The predicted molar refractivity (Wildman–Crippen MR) is 92.2 cm³/mol. The summed E-state index contributed by atoms with van der Waals surface area (Å²) >= 11 is 1.46. The highest BCUT2D eigenvalue weighted by atomic mass is 32.1. The highest BCUT2D eigenvalue weighted by Crippen LogP contribution is 2.23. The van der Waals surface area contributed by atoms with Crippen LogP contribution in [0.5, 0.6) is 0 Å². The average Bonchev–Trinajstić information content (AvgIpc) is 2.90. The maximum absolute atomic E-state index is 12.3. The summed E-state index contributed by atoms with van der Waals surface area (Å²) in [5.41, 5.74) is 1.88. The first-order valence-corrected chi connectivity index (χ1v) is 8.49. The van der Waals surface area contributed by atoms with Crippen LogP contribution in [0.2, 0.25) is 0 Å². The average molecular weight is 331 g/mol. The molecule has 1 heterocycles. The number of aryl methyl sites for hydroxylation is 2. The van der Waals surface area contributed by atoms with Crippen LogP contribution in [0.25, 0.3) is 0 Å². The third-order valence-electron chi connectivity index (χ3n) is 3.73. The second-order valence-electron chi connectivity index (χ2n) is 5.45. The lowest BCUT2D eigenvalue weighted by molar-refractivity contribution is -0.138. The van der Waals surface area contributed by atoms with Crippen LogP contribution in [-0.2, 0) is 11.2 Å². The van der Waals surface area contributed by atoms with Crippen LogP contribution in [0, 0.1) is 6.92 Å². The van der Waals surface area contributed by atoms with Crippen LogP contribution in [0.3, 0.4) is 0 Å². The van der Waals surface area contributed by atoms with Gasteiger partial charge in [-0.05, 0) is 30.5 Å². The molecule has 1 aromatic carbocycles. The lowest BCUT2D eigenvalue weighted by Crippen LogP contribution is -2.31. The van der Waals surface area contributed by atoms with E-state index in [1.54, 1.807) is 24.3 Å². The number of hydrogen-bond donors (Lipinski definition) is 2. The molecule has 0 aliphatic rings. The summed E-state index contributed by atoms with van der Waals surface area (Å²) in [4.78, 5) is 25.5. The number of rotatable bonds is 7. The van der Waals surface area contributed by atoms with Gasteiger partial charge >= 0.3 is 5.97 Å². The Morgan fingerprint density at radius 3 is 2.57 bits per heavy atom. The van der Waals surface area contributed by atoms with Crippen LogP contribution < -0.4 is 5.32 Å². The molecule has 4 nitrogen and oxygen atoms in total. The Balaban J connectivity index is 2.05. The van der Waals surface area contributed by atoms with Gasteiger partial charge in [-0.1, -0.05) is 43.7 Å². The van der Waals surface area contributed by atoms with Gasteiger partial charge in [-0.2, -0.15) is 0 Å². The zero-order valence-electron chi connectivity index (χ0n) is 13.3. The molecule has 5 heteroatoms. The lowest BCUT2D eigenvalue weighted by Gasteiger charge is -2.13. The van der Waals surface area contributed by atoms with Crippen LogP contribution in [0.1, 0.15) is 44.9 Å². The lowest BCUT2D eigenvalue weighted by atomic mass is 9.99. The van der Waals surface area contributed by atoms with E-state index in [9.17, 15) is 14.7 Å². The van der Waals surface area contributed by atoms with Gasteiger partial charge in [-0.25, -0.2) is 0 Å². The van der Waals surface area contributed by atoms with E-state index >= 15 is 0 Å². The Morgan fingerprint density at radius 1 is 1.26 bits per heavy atom. The van der Waals surface area contributed by atoms with Gasteiger partial charge in [-0.15, -0.1) is 11.3 Å². The summed E-state index contributed by atoms with van der Waals surface area (Å²) in [6.45, 7) is 4.20.